The molecule has 1 heterocycles. The van der Waals surface area contributed by atoms with Crippen molar-refractivity contribution in [3.8, 4) is 0 Å². The van der Waals surface area contributed by atoms with E-state index < -0.39 is 0 Å². The molecule has 1 aliphatic heterocycles. The number of hydrogen-bond acceptors (Lipinski definition) is 2. The van der Waals surface area contributed by atoms with Crippen molar-refractivity contribution in [1.82, 2.24) is 10.2 Å². The molecule has 1 N–H and O–H groups in total. The Hall–Kier alpha value is 0.790. The van der Waals surface area contributed by atoms with Crippen molar-refractivity contribution in [2.75, 3.05) is 26.2 Å². The van der Waals surface area contributed by atoms with E-state index in [0.717, 1.165) is 13.1 Å². The summed E-state index contributed by atoms with van der Waals surface area (Å²) in [7, 11) is 0. The summed E-state index contributed by atoms with van der Waals surface area (Å²) in [5, 5.41) is 3.29. The summed E-state index contributed by atoms with van der Waals surface area (Å²) in [5.41, 5.74) is 0. The summed E-state index contributed by atoms with van der Waals surface area (Å²) >= 11 is 0. The van der Waals surface area contributed by atoms with Crippen LogP contribution in [0, 0.1) is 6.54 Å². The van der Waals surface area contributed by atoms with Crippen LogP contribution in [0.1, 0.15) is 6.92 Å². The van der Waals surface area contributed by atoms with Gasteiger partial charge in [-0.05, 0) is 13.1 Å². The predicted molar refractivity (Wildman–Crippen MR) is 34.4 cm³/mol. The zero-order chi connectivity index (χ0) is 5.82. The molecular formula is C6H13N2Sc-. The van der Waals surface area contributed by atoms with Crippen molar-refractivity contribution < 1.29 is 25.8 Å². The standard InChI is InChI=1S/C6H13N2.Sc/c1-2-8-5-3-7-4-6-8;/h2,7H,3-6H2,1H3;/q-1;. The molecule has 0 amide bonds. The number of rotatable bonds is 1. The summed E-state index contributed by atoms with van der Waals surface area (Å²) in [6.45, 7) is 8.88. The van der Waals surface area contributed by atoms with E-state index in [4.69, 9.17) is 0 Å². The zero-order valence-corrected chi connectivity index (χ0v) is 7.73. The van der Waals surface area contributed by atoms with Gasteiger partial charge in [-0.2, -0.15) is 6.92 Å². The molecule has 0 bridgehead atoms. The van der Waals surface area contributed by atoms with Gasteiger partial charge in [0.15, 0.2) is 0 Å². The van der Waals surface area contributed by atoms with Gasteiger partial charge in [-0.15, -0.1) is 0 Å². The molecule has 1 fully saturated rings. The largest absolute Gasteiger partial charge is 0.455 e. The van der Waals surface area contributed by atoms with E-state index >= 15 is 0 Å². The molecule has 3 heteroatoms. The number of hydrogen-bond donors (Lipinski definition) is 1. The minimum Gasteiger partial charge on any atom is -0.455 e. The van der Waals surface area contributed by atoms with E-state index in [1.54, 1.807) is 0 Å². The van der Waals surface area contributed by atoms with Crippen LogP contribution >= 0.6 is 0 Å². The Morgan fingerprint density at radius 2 is 1.89 bits per heavy atom. The van der Waals surface area contributed by atoms with Gasteiger partial charge in [0.2, 0.25) is 0 Å². The molecule has 0 aliphatic carbocycles. The summed E-state index contributed by atoms with van der Waals surface area (Å²) in [4.78, 5) is 2.33. The summed E-state index contributed by atoms with van der Waals surface area (Å²) < 4.78 is 0. The molecular weight excluding hydrogens is 145 g/mol. The van der Waals surface area contributed by atoms with E-state index in [1.165, 1.54) is 13.1 Å². The Bertz CT molecular complexity index is 62.1. The second-order valence-corrected chi connectivity index (χ2v) is 2.04. The summed E-state index contributed by atoms with van der Waals surface area (Å²) in [5.74, 6) is 0. The van der Waals surface area contributed by atoms with Crippen LogP contribution in [-0.2, 0) is 25.8 Å². The van der Waals surface area contributed by atoms with Crippen LogP contribution in [-0.4, -0.2) is 31.1 Å². The van der Waals surface area contributed by atoms with E-state index in [9.17, 15) is 0 Å². The quantitative estimate of drug-likeness (QED) is 0.543. The fourth-order valence-corrected chi connectivity index (χ4v) is 0.940. The number of piperazine rings is 1. The predicted octanol–water partition coefficient (Wildman–Crippen LogP) is 0.0708. The average molecular weight is 158 g/mol. The molecule has 51 valence electrons. The van der Waals surface area contributed by atoms with Crippen molar-refractivity contribution in [2.45, 2.75) is 6.92 Å². The molecule has 0 aromatic heterocycles. The van der Waals surface area contributed by atoms with Crippen molar-refractivity contribution in [3.63, 3.8) is 0 Å². The molecule has 1 radical (unpaired) electrons. The van der Waals surface area contributed by atoms with Gasteiger partial charge in [-0.1, -0.05) is 0 Å². The van der Waals surface area contributed by atoms with E-state index in [0.29, 0.717) is 0 Å². The fourth-order valence-electron chi connectivity index (χ4n) is 0.940. The maximum Gasteiger partial charge on any atom is 0.00556 e. The molecule has 0 aromatic carbocycles. The average Bonchev–Trinajstić information content (AvgIpc) is 1.90. The minimum atomic E-state index is 0. The first kappa shape index (κ1) is 9.79. The van der Waals surface area contributed by atoms with Crippen LogP contribution in [0.15, 0.2) is 0 Å². The molecule has 0 unspecified atom stereocenters. The maximum absolute atomic E-state index is 3.29. The van der Waals surface area contributed by atoms with Crippen molar-refractivity contribution >= 4 is 0 Å². The second kappa shape index (κ2) is 5.57. The van der Waals surface area contributed by atoms with Gasteiger partial charge in [-0.3, -0.25) is 6.54 Å². The van der Waals surface area contributed by atoms with Gasteiger partial charge in [0.1, 0.15) is 0 Å². The van der Waals surface area contributed by atoms with Crippen LogP contribution < -0.4 is 5.32 Å². The molecule has 0 saturated carbocycles. The topological polar surface area (TPSA) is 15.3 Å². The van der Waals surface area contributed by atoms with E-state index in [2.05, 4.69) is 23.7 Å². The fraction of sp³-hybridized carbons (Fsp3) is 0.833. The van der Waals surface area contributed by atoms with Crippen LogP contribution in [0.25, 0.3) is 0 Å². The molecule has 0 atom stereocenters. The van der Waals surface area contributed by atoms with Gasteiger partial charge >= 0.3 is 0 Å². The zero-order valence-electron chi connectivity index (χ0n) is 5.93. The number of nitrogens with one attached hydrogen (secondary N) is 1. The van der Waals surface area contributed by atoms with Gasteiger partial charge in [0, 0.05) is 38.9 Å². The molecule has 2 nitrogen and oxygen atoms in total. The van der Waals surface area contributed by atoms with E-state index in [-0.39, 0.29) is 25.8 Å². The van der Waals surface area contributed by atoms with Gasteiger partial charge < -0.3 is 10.2 Å². The van der Waals surface area contributed by atoms with Crippen LogP contribution in [0.3, 0.4) is 0 Å². The maximum atomic E-state index is 3.29. The van der Waals surface area contributed by atoms with Gasteiger partial charge in [-0.25, -0.2) is 0 Å². The Labute approximate surface area is 75.8 Å². The van der Waals surface area contributed by atoms with Crippen molar-refractivity contribution in [1.29, 1.82) is 0 Å². The SMILES string of the molecule is C[CH-]N1CCNCC1.[Sc]. The third-order valence-corrected chi connectivity index (χ3v) is 1.52. The number of nitrogens with zero attached hydrogens (tertiary/aromatic N) is 1. The first-order chi connectivity index (χ1) is 3.93. The van der Waals surface area contributed by atoms with Gasteiger partial charge in [0.25, 0.3) is 0 Å². The van der Waals surface area contributed by atoms with Crippen LogP contribution in [0.2, 0.25) is 0 Å². The van der Waals surface area contributed by atoms with Crippen molar-refractivity contribution in [2.24, 2.45) is 0 Å². The Morgan fingerprint density at radius 3 is 2.22 bits per heavy atom. The Balaban J connectivity index is 0.000000640. The molecule has 0 aromatic rings. The monoisotopic (exact) mass is 158 g/mol. The van der Waals surface area contributed by atoms with E-state index in [1.807, 2.05) is 0 Å². The molecule has 1 saturated heterocycles. The van der Waals surface area contributed by atoms with Crippen molar-refractivity contribution in [3.05, 3.63) is 6.54 Å². The third kappa shape index (κ3) is 3.48. The first-order valence-electron chi connectivity index (χ1n) is 3.18. The normalized spacial score (nSPS) is 21.0. The second-order valence-electron chi connectivity index (χ2n) is 2.04. The Morgan fingerprint density at radius 1 is 1.33 bits per heavy atom. The van der Waals surface area contributed by atoms with Crippen LogP contribution in [0.4, 0.5) is 0 Å². The minimum absolute atomic E-state index is 0. The molecule has 9 heavy (non-hydrogen) atoms. The van der Waals surface area contributed by atoms with Crippen LogP contribution in [0.5, 0.6) is 0 Å². The molecule has 0 spiro atoms. The first-order valence-corrected chi connectivity index (χ1v) is 3.18. The molecule has 1 aliphatic rings. The third-order valence-electron chi connectivity index (χ3n) is 1.52. The Kier molecular flexibility index (Phi) is 6.05. The van der Waals surface area contributed by atoms with Gasteiger partial charge in [0.05, 0.1) is 0 Å². The smallest absolute Gasteiger partial charge is 0.00556 e. The summed E-state index contributed by atoms with van der Waals surface area (Å²) in [6.07, 6.45) is 0. The summed E-state index contributed by atoms with van der Waals surface area (Å²) in [6, 6.07) is 0. The molecule has 1 rings (SSSR count).